The normalized spacial score (nSPS) is 19.3. The van der Waals surface area contributed by atoms with Crippen LogP contribution in [0.2, 0.25) is 0 Å². The van der Waals surface area contributed by atoms with Crippen LogP contribution < -0.4 is 10.1 Å². The van der Waals surface area contributed by atoms with Crippen LogP contribution in [0, 0.1) is 0 Å². The molecule has 3 heteroatoms. The fourth-order valence-corrected chi connectivity index (χ4v) is 3.91. The molecule has 1 fully saturated rings. The van der Waals surface area contributed by atoms with Crippen LogP contribution in [0.1, 0.15) is 48.4 Å². The Hall–Kier alpha value is -2.65. The molecule has 0 aliphatic heterocycles. The third kappa shape index (κ3) is 5.20. The number of nitrogens with zero attached hydrogens (tertiary/aromatic N) is 1. The molecule has 28 heavy (non-hydrogen) atoms. The van der Waals surface area contributed by atoms with Gasteiger partial charge >= 0.3 is 0 Å². The summed E-state index contributed by atoms with van der Waals surface area (Å²) in [4.78, 5) is 4.69. The number of nitrogens with one attached hydrogen (secondary N) is 1. The molecule has 1 aliphatic carbocycles. The highest BCUT2D eigenvalue weighted by Gasteiger charge is 2.22. The Morgan fingerprint density at radius 3 is 2.11 bits per heavy atom. The van der Waals surface area contributed by atoms with E-state index < -0.39 is 0 Å². The Kier molecular flexibility index (Phi) is 6.36. The maximum Gasteiger partial charge on any atom is 0.138 e. The predicted octanol–water partition coefficient (Wildman–Crippen LogP) is 5.48. The van der Waals surface area contributed by atoms with Crippen molar-refractivity contribution in [3.63, 3.8) is 0 Å². The first kappa shape index (κ1) is 18.7. The molecule has 0 amide bonds. The molecule has 0 unspecified atom stereocenters. The van der Waals surface area contributed by atoms with Crippen molar-refractivity contribution in [2.24, 2.45) is 0 Å². The molecule has 144 valence electrons. The minimum absolute atomic E-state index is 0.568. The van der Waals surface area contributed by atoms with E-state index in [9.17, 15) is 0 Å². The van der Waals surface area contributed by atoms with Crippen molar-refractivity contribution >= 4 is 0 Å². The number of aromatic nitrogens is 1. The van der Waals surface area contributed by atoms with Gasteiger partial charge in [0.25, 0.3) is 0 Å². The van der Waals surface area contributed by atoms with Gasteiger partial charge in [-0.15, -0.1) is 0 Å². The van der Waals surface area contributed by atoms with Crippen molar-refractivity contribution in [3.8, 4) is 5.75 Å². The lowest BCUT2D eigenvalue weighted by molar-refractivity contribution is 0.303. The molecule has 3 nitrogen and oxygen atoms in total. The molecule has 0 spiro atoms. The molecule has 1 heterocycles. The van der Waals surface area contributed by atoms with Crippen LogP contribution in [-0.2, 0) is 13.2 Å². The second-order valence-electron chi connectivity index (χ2n) is 7.61. The standard InChI is InChI=1S/C25H28N2O/c1-3-7-20(8-4-1)17-26-23-13-11-22(12-14-23)25-16-15-24(18-27-25)28-19-21-9-5-2-6-10-21/h1-10,15-16,18,22-23,26H,11-14,17,19H2. The summed E-state index contributed by atoms with van der Waals surface area (Å²) in [6, 6.07) is 25.7. The molecule has 1 aromatic heterocycles. The van der Waals surface area contributed by atoms with E-state index >= 15 is 0 Å². The van der Waals surface area contributed by atoms with Gasteiger partial charge in [0, 0.05) is 24.2 Å². The molecule has 1 N–H and O–H groups in total. The zero-order valence-electron chi connectivity index (χ0n) is 16.3. The van der Waals surface area contributed by atoms with Crippen molar-refractivity contribution in [2.45, 2.75) is 50.8 Å². The smallest absolute Gasteiger partial charge is 0.138 e. The Labute approximate surface area is 167 Å². The largest absolute Gasteiger partial charge is 0.487 e. The van der Waals surface area contributed by atoms with Gasteiger partial charge in [0.1, 0.15) is 12.4 Å². The Bertz CT molecular complexity index is 825. The van der Waals surface area contributed by atoms with Gasteiger partial charge in [-0.25, -0.2) is 0 Å². The third-order valence-electron chi connectivity index (χ3n) is 5.59. The first-order valence-corrected chi connectivity index (χ1v) is 10.3. The zero-order chi connectivity index (χ0) is 19.0. The monoisotopic (exact) mass is 372 g/mol. The van der Waals surface area contributed by atoms with E-state index in [4.69, 9.17) is 4.74 Å². The number of rotatable bonds is 7. The zero-order valence-corrected chi connectivity index (χ0v) is 16.3. The van der Waals surface area contributed by atoms with E-state index in [2.05, 4.69) is 64.9 Å². The van der Waals surface area contributed by atoms with E-state index in [1.165, 1.54) is 42.5 Å². The second kappa shape index (κ2) is 9.52. The van der Waals surface area contributed by atoms with Crippen LogP contribution in [0.15, 0.2) is 79.0 Å². The molecule has 0 saturated heterocycles. The molecular weight excluding hydrogens is 344 g/mol. The summed E-state index contributed by atoms with van der Waals surface area (Å²) < 4.78 is 5.85. The summed E-state index contributed by atoms with van der Waals surface area (Å²) in [5, 5.41) is 3.71. The number of hydrogen-bond donors (Lipinski definition) is 1. The summed E-state index contributed by atoms with van der Waals surface area (Å²) in [5.74, 6) is 1.41. The van der Waals surface area contributed by atoms with Gasteiger partial charge in [-0.1, -0.05) is 60.7 Å². The predicted molar refractivity (Wildman–Crippen MR) is 113 cm³/mol. The molecule has 0 bridgehead atoms. The lowest BCUT2D eigenvalue weighted by Gasteiger charge is -2.29. The first-order valence-electron chi connectivity index (χ1n) is 10.3. The minimum Gasteiger partial charge on any atom is -0.487 e. The second-order valence-corrected chi connectivity index (χ2v) is 7.61. The summed E-state index contributed by atoms with van der Waals surface area (Å²) in [7, 11) is 0. The summed E-state index contributed by atoms with van der Waals surface area (Å²) in [5.41, 5.74) is 3.74. The molecule has 1 aliphatic rings. The van der Waals surface area contributed by atoms with Crippen molar-refractivity contribution < 1.29 is 4.74 Å². The molecular formula is C25H28N2O. The topological polar surface area (TPSA) is 34.1 Å². The van der Waals surface area contributed by atoms with Gasteiger partial charge in [0.05, 0.1) is 6.20 Å². The maximum absolute atomic E-state index is 5.85. The van der Waals surface area contributed by atoms with Gasteiger partial charge in [0.2, 0.25) is 0 Å². The van der Waals surface area contributed by atoms with E-state index in [-0.39, 0.29) is 0 Å². The lowest BCUT2D eigenvalue weighted by Crippen LogP contribution is -2.32. The van der Waals surface area contributed by atoms with Gasteiger partial charge in [-0.05, 0) is 48.9 Å². The molecule has 4 rings (SSSR count). The van der Waals surface area contributed by atoms with E-state index in [1.807, 2.05) is 24.4 Å². The quantitative estimate of drug-likeness (QED) is 0.596. The van der Waals surface area contributed by atoms with E-state index in [0.29, 0.717) is 18.6 Å². The summed E-state index contributed by atoms with van der Waals surface area (Å²) in [6.45, 7) is 1.54. The first-order chi connectivity index (χ1) is 13.9. The highest BCUT2D eigenvalue weighted by molar-refractivity contribution is 5.23. The maximum atomic E-state index is 5.85. The molecule has 0 radical (unpaired) electrons. The Morgan fingerprint density at radius 1 is 0.786 bits per heavy atom. The Morgan fingerprint density at radius 2 is 1.46 bits per heavy atom. The van der Waals surface area contributed by atoms with Crippen molar-refractivity contribution in [2.75, 3.05) is 0 Å². The van der Waals surface area contributed by atoms with Crippen LogP contribution in [0.5, 0.6) is 5.75 Å². The van der Waals surface area contributed by atoms with Gasteiger partial charge in [0.15, 0.2) is 0 Å². The molecule has 1 saturated carbocycles. The van der Waals surface area contributed by atoms with Crippen molar-refractivity contribution in [1.29, 1.82) is 0 Å². The highest BCUT2D eigenvalue weighted by Crippen LogP contribution is 2.32. The molecule has 3 aromatic rings. The minimum atomic E-state index is 0.568. The average molecular weight is 373 g/mol. The number of ether oxygens (including phenoxy) is 1. The summed E-state index contributed by atoms with van der Waals surface area (Å²) in [6.07, 6.45) is 6.70. The summed E-state index contributed by atoms with van der Waals surface area (Å²) >= 11 is 0. The highest BCUT2D eigenvalue weighted by atomic mass is 16.5. The van der Waals surface area contributed by atoms with Gasteiger partial charge in [-0.3, -0.25) is 4.98 Å². The van der Waals surface area contributed by atoms with E-state index in [1.54, 1.807) is 0 Å². The molecule has 0 atom stereocenters. The Balaban J connectivity index is 1.23. The van der Waals surface area contributed by atoms with Crippen LogP contribution in [0.4, 0.5) is 0 Å². The molecule has 2 aromatic carbocycles. The van der Waals surface area contributed by atoms with Crippen molar-refractivity contribution in [1.82, 2.24) is 10.3 Å². The van der Waals surface area contributed by atoms with E-state index in [0.717, 1.165) is 12.3 Å². The van der Waals surface area contributed by atoms with Crippen LogP contribution in [0.25, 0.3) is 0 Å². The third-order valence-corrected chi connectivity index (χ3v) is 5.59. The fourth-order valence-electron chi connectivity index (χ4n) is 3.91. The SMILES string of the molecule is c1ccc(CNC2CCC(c3ccc(OCc4ccccc4)cn3)CC2)cc1. The van der Waals surface area contributed by atoms with Crippen LogP contribution in [0.3, 0.4) is 0 Å². The van der Waals surface area contributed by atoms with Crippen LogP contribution in [-0.4, -0.2) is 11.0 Å². The average Bonchev–Trinajstić information content (AvgIpc) is 2.78. The number of hydrogen-bond acceptors (Lipinski definition) is 3. The van der Waals surface area contributed by atoms with Gasteiger partial charge < -0.3 is 10.1 Å². The van der Waals surface area contributed by atoms with Crippen molar-refractivity contribution in [3.05, 3.63) is 95.8 Å². The number of pyridine rings is 1. The van der Waals surface area contributed by atoms with Gasteiger partial charge in [-0.2, -0.15) is 0 Å². The lowest BCUT2D eigenvalue weighted by atomic mass is 9.84. The fraction of sp³-hybridized carbons (Fsp3) is 0.320. The number of benzene rings is 2. The van der Waals surface area contributed by atoms with Crippen LogP contribution >= 0.6 is 0 Å².